The lowest BCUT2D eigenvalue weighted by molar-refractivity contribution is -0.382. The number of hydrogen-bond acceptors (Lipinski definition) is 12. The van der Waals surface area contributed by atoms with Gasteiger partial charge in [0.15, 0.2) is 0 Å². The van der Waals surface area contributed by atoms with E-state index in [9.17, 15) is 19.7 Å². The first kappa shape index (κ1) is 42.0. The van der Waals surface area contributed by atoms with Crippen LogP contribution >= 0.6 is 0 Å². The molecule has 3 saturated heterocycles. The van der Waals surface area contributed by atoms with Crippen molar-refractivity contribution < 1.29 is 38.9 Å². The van der Waals surface area contributed by atoms with E-state index in [4.69, 9.17) is 35.9 Å². The number of ether oxygens (including phenoxy) is 3. The van der Waals surface area contributed by atoms with Crippen LogP contribution in [0.15, 0.2) is 73.2 Å². The van der Waals surface area contributed by atoms with Gasteiger partial charge in [0.25, 0.3) is 0 Å². The van der Waals surface area contributed by atoms with Crippen LogP contribution < -0.4 is 26.2 Å². The molecule has 18 nitrogen and oxygen atoms in total. The van der Waals surface area contributed by atoms with Gasteiger partial charge in [-0.2, -0.15) is 0 Å². The van der Waals surface area contributed by atoms with Crippen molar-refractivity contribution in [2.45, 2.75) is 24.9 Å². The lowest BCUT2D eigenvalue weighted by Gasteiger charge is -2.29. The van der Waals surface area contributed by atoms with E-state index in [1.54, 1.807) is 18.3 Å². The molecular formula is C42H51N9O9. The molecule has 3 aliphatic heterocycles. The number of nitro benzene ring substituents is 1. The number of benzene rings is 3. The second-order valence-electron chi connectivity index (χ2n) is 14.8. The summed E-state index contributed by atoms with van der Waals surface area (Å²) in [6, 6.07) is 16.3. The molecule has 0 spiro atoms. The van der Waals surface area contributed by atoms with Gasteiger partial charge in [-0.05, 0) is 65.7 Å². The third-order valence-electron chi connectivity index (χ3n) is 11.0. The molecule has 0 radical (unpaired) electrons. The first-order valence-electron chi connectivity index (χ1n) is 20.0. The van der Waals surface area contributed by atoms with Crippen LogP contribution in [0.4, 0.5) is 22.7 Å². The van der Waals surface area contributed by atoms with E-state index in [-0.39, 0.29) is 12.1 Å². The molecule has 0 bridgehead atoms. The lowest BCUT2D eigenvalue weighted by Crippen LogP contribution is -2.36. The SMILES string of the molecule is NC(Cc1c[nH]c2ccc(N3CCOCC3)c([N+](=O)[O-])c12)C(=O)O.NC(Cc1c[nH]c2ccc(N3CCOCC3)cc12)C(=O)O.c1cc2cc(N3CCOCC3)ccc2[nH]1. The summed E-state index contributed by atoms with van der Waals surface area (Å²) < 4.78 is 16.0. The normalized spacial score (nSPS) is 16.8. The van der Waals surface area contributed by atoms with Crippen molar-refractivity contribution in [1.29, 1.82) is 0 Å². The van der Waals surface area contributed by atoms with Crippen LogP contribution in [0.1, 0.15) is 11.1 Å². The van der Waals surface area contributed by atoms with Gasteiger partial charge in [0, 0.05) is 104 Å². The number of nitro groups is 1. The van der Waals surface area contributed by atoms with Gasteiger partial charge in [0.05, 0.1) is 55.5 Å². The molecule has 60 heavy (non-hydrogen) atoms. The summed E-state index contributed by atoms with van der Waals surface area (Å²) in [5, 5.41) is 32.4. The molecule has 9 N–H and O–H groups in total. The fraction of sp³-hybridized carbons (Fsp3) is 0.381. The fourth-order valence-electron chi connectivity index (χ4n) is 7.73. The number of carboxylic acid groups (broad SMARTS) is 2. The van der Waals surface area contributed by atoms with Crippen LogP contribution in [0.25, 0.3) is 32.7 Å². The van der Waals surface area contributed by atoms with Gasteiger partial charge in [0.1, 0.15) is 17.8 Å². The molecule has 3 aromatic carbocycles. The minimum atomic E-state index is -1.14. The van der Waals surface area contributed by atoms with Crippen molar-refractivity contribution in [3.63, 3.8) is 0 Å². The summed E-state index contributed by atoms with van der Waals surface area (Å²) in [5.41, 5.74) is 18.4. The van der Waals surface area contributed by atoms with Gasteiger partial charge < -0.3 is 65.5 Å². The van der Waals surface area contributed by atoms with Gasteiger partial charge in [-0.1, -0.05) is 0 Å². The molecule has 0 amide bonds. The minimum Gasteiger partial charge on any atom is -0.480 e. The highest BCUT2D eigenvalue weighted by Crippen LogP contribution is 2.38. The van der Waals surface area contributed by atoms with Crippen LogP contribution in [0.5, 0.6) is 0 Å². The second kappa shape index (κ2) is 19.3. The monoisotopic (exact) mass is 825 g/mol. The summed E-state index contributed by atoms with van der Waals surface area (Å²) in [6.45, 7) is 9.06. The Morgan fingerprint density at radius 1 is 0.667 bits per heavy atom. The number of carbonyl (C=O) groups is 2. The summed E-state index contributed by atoms with van der Waals surface area (Å²) in [7, 11) is 0. The molecule has 6 heterocycles. The summed E-state index contributed by atoms with van der Waals surface area (Å²) in [6.07, 6.45) is 5.75. The summed E-state index contributed by atoms with van der Waals surface area (Å²) in [4.78, 5) is 49.1. The number of nitrogens with zero attached hydrogens (tertiary/aromatic N) is 4. The molecule has 3 aromatic heterocycles. The molecule has 0 saturated carbocycles. The van der Waals surface area contributed by atoms with Crippen molar-refractivity contribution in [3.8, 4) is 0 Å². The van der Waals surface area contributed by atoms with Crippen LogP contribution in [0.2, 0.25) is 0 Å². The summed E-state index contributed by atoms with van der Waals surface area (Å²) in [5.74, 6) is -2.12. The van der Waals surface area contributed by atoms with E-state index in [1.165, 1.54) is 16.6 Å². The topological polar surface area (TPSA) is 255 Å². The molecule has 3 aliphatic rings. The Hall–Kier alpha value is -6.18. The van der Waals surface area contributed by atoms with E-state index in [0.717, 1.165) is 74.8 Å². The Kier molecular flexibility index (Phi) is 13.5. The third kappa shape index (κ3) is 9.81. The molecule has 3 fully saturated rings. The molecular weight excluding hydrogens is 775 g/mol. The number of aromatic amines is 3. The van der Waals surface area contributed by atoms with Crippen LogP contribution in [0.3, 0.4) is 0 Å². The third-order valence-corrected chi connectivity index (χ3v) is 11.0. The van der Waals surface area contributed by atoms with E-state index in [2.05, 4.69) is 61.1 Å². The number of nitrogens with two attached hydrogens (primary N) is 2. The quantitative estimate of drug-likeness (QED) is 0.0766. The average Bonchev–Trinajstić information content (AvgIpc) is 4.03. The predicted octanol–water partition coefficient (Wildman–Crippen LogP) is 3.83. The molecule has 9 rings (SSSR count). The van der Waals surface area contributed by atoms with Gasteiger partial charge >= 0.3 is 17.6 Å². The van der Waals surface area contributed by atoms with E-state index in [1.807, 2.05) is 23.4 Å². The molecule has 318 valence electrons. The Morgan fingerprint density at radius 3 is 1.75 bits per heavy atom. The van der Waals surface area contributed by atoms with Crippen molar-refractivity contribution in [2.75, 3.05) is 93.6 Å². The number of carboxylic acids is 2. The maximum Gasteiger partial charge on any atom is 0.320 e. The molecule has 2 atom stereocenters. The Bertz CT molecular complexity index is 2410. The van der Waals surface area contributed by atoms with E-state index in [0.29, 0.717) is 54.9 Å². The number of aromatic nitrogens is 3. The van der Waals surface area contributed by atoms with Crippen LogP contribution in [-0.2, 0) is 36.6 Å². The zero-order valence-corrected chi connectivity index (χ0v) is 33.2. The van der Waals surface area contributed by atoms with E-state index >= 15 is 0 Å². The second-order valence-corrected chi connectivity index (χ2v) is 14.8. The highest BCUT2D eigenvalue weighted by Gasteiger charge is 2.28. The number of morpholine rings is 3. The van der Waals surface area contributed by atoms with Crippen molar-refractivity contribution in [1.82, 2.24) is 15.0 Å². The van der Waals surface area contributed by atoms with Gasteiger partial charge in [-0.15, -0.1) is 0 Å². The zero-order valence-electron chi connectivity index (χ0n) is 33.2. The summed E-state index contributed by atoms with van der Waals surface area (Å²) >= 11 is 0. The van der Waals surface area contributed by atoms with Crippen molar-refractivity contribution in [2.24, 2.45) is 11.5 Å². The van der Waals surface area contributed by atoms with Crippen LogP contribution in [-0.4, -0.2) is 133 Å². The van der Waals surface area contributed by atoms with Gasteiger partial charge in [0.2, 0.25) is 0 Å². The number of nitrogens with one attached hydrogen (secondary N) is 3. The highest BCUT2D eigenvalue weighted by atomic mass is 16.6. The molecule has 0 aliphatic carbocycles. The lowest BCUT2D eigenvalue weighted by atomic mass is 10.0. The van der Waals surface area contributed by atoms with Crippen LogP contribution in [0, 0.1) is 10.1 Å². The predicted molar refractivity (Wildman–Crippen MR) is 229 cm³/mol. The fourth-order valence-corrected chi connectivity index (χ4v) is 7.73. The highest BCUT2D eigenvalue weighted by molar-refractivity contribution is 5.98. The number of anilines is 3. The number of fused-ring (bicyclic) bond motifs is 3. The average molecular weight is 826 g/mol. The van der Waals surface area contributed by atoms with Gasteiger partial charge in [-0.25, -0.2) is 0 Å². The van der Waals surface area contributed by atoms with E-state index < -0.39 is 28.9 Å². The Morgan fingerprint density at radius 2 is 1.17 bits per heavy atom. The Balaban J connectivity index is 0.000000139. The number of aliphatic carboxylic acids is 2. The zero-order chi connectivity index (χ0) is 42.2. The molecule has 18 heteroatoms. The maximum absolute atomic E-state index is 11.7. The molecule has 2 unspecified atom stereocenters. The van der Waals surface area contributed by atoms with Gasteiger partial charge in [-0.3, -0.25) is 19.7 Å². The minimum absolute atomic E-state index is 0.0166. The number of hydrogen-bond donors (Lipinski definition) is 7. The Labute approximate surface area is 345 Å². The first-order chi connectivity index (χ1) is 29.1. The standard InChI is InChI=1S/C15H18N4O5.C15H19N3O3.C12H14N2O/c16-10(15(20)21)7-9-8-17-11-1-2-12(14(13(9)11)19(22)23)18-3-5-24-6-4-18;16-13(15(19)20)7-10-9-17-14-2-1-11(8-12(10)14)18-3-5-21-6-4-18;1-2-12-10(3-4-13-12)9-11(1)14-5-7-15-8-6-14/h1-2,8,10,17H,3-7,16H2,(H,20,21);1-2,8-9,13,17H,3-7,16H2,(H,19,20);1-4,9,13H,5-8H2. The smallest absolute Gasteiger partial charge is 0.320 e. The number of H-pyrrole nitrogens is 3. The largest absolute Gasteiger partial charge is 0.480 e. The number of rotatable bonds is 10. The van der Waals surface area contributed by atoms with Crippen molar-refractivity contribution in [3.05, 3.63) is 94.4 Å². The molecule has 6 aromatic rings. The van der Waals surface area contributed by atoms with Crippen molar-refractivity contribution >= 4 is 67.4 Å². The maximum atomic E-state index is 11.7. The first-order valence-corrected chi connectivity index (χ1v) is 20.0.